The Kier molecular flexibility index (Phi) is 6.44. The molecule has 0 atom stereocenters. The average Bonchev–Trinajstić information content (AvgIpc) is 2.44. The lowest BCUT2D eigenvalue weighted by molar-refractivity contribution is 0.0937. The topological polar surface area (TPSA) is 73.6 Å². The Morgan fingerprint density at radius 2 is 2.21 bits per heavy atom. The highest BCUT2D eigenvalue weighted by atomic mass is 16.5. The lowest BCUT2D eigenvalue weighted by Gasteiger charge is -2.07. The summed E-state index contributed by atoms with van der Waals surface area (Å²) in [7, 11) is 3.14. The van der Waals surface area contributed by atoms with Crippen LogP contribution in [0.1, 0.15) is 15.9 Å². The van der Waals surface area contributed by atoms with Gasteiger partial charge in [0.1, 0.15) is 5.75 Å². The molecule has 0 radical (unpaired) electrons. The molecule has 1 amide bonds. The number of benzene rings is 1. The van der Waals surface area contributed by atoms with Crippen molar-refractivity contribution in [2.75, 3.05) is 33.9 Å². The number of methoxy groups -OCH3 is 2. The van der Waals surface area contributed by atoms with Crippen LogP contribution in [0.25, 0.3) is 0 Å². The fourth-order valence-corrected chi connectivity index (χ4v) is 1.46. The molecule has 0 aliphatic rings. The molecule has 5 nitrogen and oxygen atoms in total. The van der Waals surface area contributed by atoms with E-state index in [0.29, 0.717) is 30.0 Å². The van der Waals surface area contributed by atoms with E-state index in [0.717, 1.165) is 0 Å². The van der Waals surface area contributed by atoms with Gasteiger partial charge < -0.3 is 20.5 Å². The summed E-state index contributed by atoms with van der Waals surface area (Å²) < 4.78 is 10.1. The second-order valence-electron chi connectivity index (χ2n) is 3.67. The van der Waals surface area contributed by atoms with Crippen molar-refractivity contribution >= 4 is 5.91 Å². The maximum atomic E-state index is 11.9. The predicted octanol–water partition coefficient (Wildman–Crippen LogP) is 0.382. The largest absolute Gasteiger partial charge is 0.495 e. The number of carbonyl (C=O) groups excluding carboxylic acids is 1. The van der Waals surface area contributed by atoms with Crippen LogP contribution >= 0.6 is 0 Å². The van der Waals surface area contributed by atoms with Crippen LogP contribution in [0.15, 0.2) is 18.2 Å². The molecule has 3 N–H and O–H groups in total. The van der Waals surface area contributed by atoms with Crippen molar-refractivity contribution in [3.63, 3.8) is 0 Å². The van der Waals surface area contributed by atoms with Crippen molar-refractivity contribution in [2.24, 2.45) is 5.73 Å². The monoisotopic (exact) mass is 262 g/mol. The van der Waals surface area contributed by atoms with Gasteiger partial charge in [-0.15, -0.1) is 0 Å². The summed E-state index contributed by atoms with van der Waals surface area (Å²) in [6.07, 6.45) is 0. The lowest BCUT2D eigenvalue weighted by Crippen LogP contribution is -2.26. The molecular weight excluding hydrogens is 244 g/mol. The predicted molar refractivity (Wildman–Crippen MR) is 73.1 cm³/mol. The number of nitrogens with two attached hydrogens (primary N) is 1. The third-order valence-electron chi connectivity index (χ3n) is 2.38. The maximum Gasteiger partial charge on any atom is 0.251 e. The van der Waals surface area contributed by atoms with E-state index in [9.17, 15) is 4.79 Å². The highest BCUT2D eigenvalue weighted by Crippen LogP contribution is 2.18. The number of ether oxygens (including phenoxy) is 2. The summed E-state index contributed by atoms with van der Waals surface area (Å²) in [5.74, 6) is 6.07. The van der Waals surface area contributed by atoms with Crippen LogP contribution in [0, 0.1) is 11.8 Å². The number of rotatable bonds is 5. The molecule has 0 unspecified atom stereocenters. The van der Waals surface area contributed by atoms with Crippen LogP contribution in [0.3, 0.4) is 0 Å². The fourth-order valence-electron chi connectivity index (χ4n) is 1.46. The molecule has 0 bridgehead atoms. The molecule has 0 saturated carbocycles. The standard InChI is InChI=1S/C14H18N2O3/c1-18-9-8-16-14(17)12-5-6-13(19-2)11(10-12)4-3-7-15/h5-6,10H,7-9,15H2,1-2H3,(H,16,17). The molecule has 1 aromatic carbocycles. The SMILES string of the molecule is COCCNC(=O)c1ccc(OC)c(C#CCN)c1. The maximum absolute atomic E-state index is 11.9. The molecule has 0 aliphatic heterocycles. The Hall–Kier alpha value is -2.03. The van der Waals surface area contributed by atoms with Crippen LogP contribution < -0.4 is 15.8 Å². The molecule has 1 rings (SSSR count). The van der Waals surface area contributed by atoms with Gasteiger partial charge in [0.25, 0.3) is 5.91 Å². The van der Waals surface area contributed by atoms with Gasteiger partial charge in [-0.2, -0.15) is 0 Å². The van der Waals surface area contributed by atoms with Gasteiger partial charge >= 0.3 is 0 Å². The number of hydrogen-bond donors (Lipinski definition) is 2. The van der Waals surface area contributed by atoms with Crippen molar-refractivity contribution in [3.05, 3.63) is 29.3 Å². The third-order valence-corrected chi connectivity index (χ3v) is 2.38. The van der Waals surface area contributed by atoms with E-state index in [1.807, 2.05) is 0 Å². The average molecular weight is 262 g/mol. The number of carbonyl (C=O) groups is 1. The molecule has 0 spiro atoms. The molecule has 1 aromatic rings. The van der Waals surface area contributed by atoms with Gasteiger partial charge in [0.2, 0.25) is 0 Å². The molecule has 0 aromatic heterocycles. The second-order valence-corrected chi connectivity index (χ2v) is 3.67. The number of hydrogen-bond acceptors (Lipinski definition) is 4. The minimum absolute atomic E-state index is 0.171. The highest BCUT2D eigenvalue weighted by molar-refractivity contribution is 5.94. The quantitative estimate of drug-likeness (QED) is 0.594. The van der Waals surface area contributed by atoms with E-state index in [1.54, 1.807) is 32.4 Å². The van der Waals surface area contributed by atoms with Gasteiger partial charge in [-0.1, -0.05) is 11.8 Å². The van der Waals surface area contributed by atoms with Gasteiger partial charge in [0, 0.05) is 19.2 Å². The summed E-state index contributed by atoms with van der Waals surface area (Å²) >= 11 is 0. The van der Waals surface area contributed by atoms with Crippen molar-refractivity contribution in [3.8, 4) is 17.6 Å². The summed E-state index contributed by atoms with van der Waals surface area (Å²) in [5.41, 5.74) is 6.51. The van der Waals surface area contributed by atoms with E-state index in [2.05, 4.69) is 17.2 Å². The molecule has 19 heavy (non-hydrogen) atoms. The van der Waals surface area contributed by atoms with E-state index in [-0.39, 0.29) is 12.5 Å². The molecule has 5 heteroatoms. The summed E-state index contributed by atoms with van der Waals surface area (Å²) in [4.78, 5) is 11.9. The second kappa shape index (κ2) is 8.14. The van der Waals surface area contributed by atoms with Gasteiger partial charge in [-0.3, -0.25) is 4.79 Å². The highest BCUT2D eigenvalue weighted by Gasteiger charge is 2.08. The summed E-state index contributed by atoms with van der Waals surface area (Å²) in [6.45, 7) is 1.19. The van der Waals surface area contributed by atoms with E-state index in [4.69, 9.17) is 15.2 Å². The first-order valence-corrected chi connectivity index (χ1v) is 5.87. The molecular formula is C14H18N2O3. The van der Waals surface area contributed by atoms with Gasteiger partial charge in [-0.05, 0) is 18.2 Å². The number of nitrogens with one attached hydrogen (secondary N) is 1. The van der Waals surface area contributed by atoms with Gasteiger partial charge in [0.05, 0.1) is 25.8 Å². The lowest BCUT2D eigenvalue weighted by atomic mass is 10.1. The summed E-state index contributed by atoms with van der Waals surface area (Å²) in [5, 5.41) is 2.74. The third kappa shape index (κ3) is 4.62. The van der Waals surface area contributed by atoms with Gasteiger partial charge in [0.15, 0.2) is 0 Å². The normalized spacial score (nSPS) is 9.42. The Morgan fingerprint density at radius 1 is 1.42 bits per heavy atom. The van der Waals surface area contributed by atoms with Crippen molar-refractivity contribution in [2.45, 2.75) is 0 Å². The van der Waals surface area contributed by atoms with Crippen LogP contribution in [-0.4, -0.2) is 39.8 Å². The van der Waals surface area contributed by atoms with E-state index >= 15 is 0 Å². The molecule has 0 aliphatic carbocycles. The Balaban J connectivity index is 2.88. The fraction of sp³-hybridized carbons (Fsp3) is 0.357. The Bertz CT molecular complexity index is 489. The smallest absolute Gasteiger partial charge is 0.251 e. The van der Waals surface area contributed by atoms with Gasteiger partial charge in [-0.25, -0.2) is 0 Å². The molecule has 0 heterocycles. The van der Waals surface area contributed by atoms with Crippen molar-refractivity contribution < 1.29 is 14.3 Å². The molecule has 0 saturated heterocycles. The van der Waals surface area contributed by atoms with E-state index < -0.39 is 0 Å². The zero-order valence-corrected chi connectivity index (χ0v) is 11.2. The van der Waals surface area contributed by atoms with Crippen molar-refractivity contribution in [1.29, 1.82) is 0 Å². The first kappa shape index (κ1) is 15.0. The first-order chi connectivity index (χ1) is 9.22. The van der Waals surface area contributed by atoms with Crippen LogP contribution in [-0.2, 0) is 4.74 Å². The van der Waals surface area contributed by atoms with Crippen LogP contribution in [0.5, 0.6) is 5.75 Å². The first-order valence-electron chi connectivity index (χ1n) is 5.87. The number of amides is 1. The Morgan fingerprint density at radius 3 is 2.84 bits per heavy atom. The van der Waals surface area contributed by atoms with E-state index in [1.165, 1.54) is 0 Å². The zero-order chi connectivity index (χ0) is 14.1. The van der Waals surface area contributed by atoms with Crippen LogP contribution in [0.4, 0.5) is 0 Å². The Labute approximate surface area is 113 Å². The zero-order valence-electron chi connectivity index (χ0n) is 11.2. The van der Waals surface area contributed by atoms with Crippen LogP contribution in [0.2, 0.25) is 0 Å². The summed E-state index contributed by atoms with van der Waals surface area (Å²) in [6, 6.07) is 5.09. The van der Waals surface area contributed by atoms with Crippen molar-refractivity contribution in [1.82, 2.24) is 5.32 Å². The minimum Gasteiger partial charge on any atom is -0.495 e. The minimum atomic E-state index is -0.171. The molecule has 102 valence electrons. The molecule has 0 fully saturated rings.